The van der Waals surface area contributed by atoms with Gasteiger partial charge in [0.15, 0.2) is 0 Å². The molecule has 3 aromatic rings. The van der Waals surface area contributed by atoms with Crippen LogP contribution in [0.15, 0.2) is 72.8 Å². The second-order valence-corrected chi connectivity index (χ2v) is 10.8. The van der Waals surface area contributed by atoms with Gasteiger partial charge in [0.1, 0.15) is 12.6 Å². The van der Waals surface area contributed by atoms with Gasteiger partial charge in [-0.15, -0.1) is 0 Å². The van der Waals surface area contributed by atoms with Gasteiger partial charge in [-0.1, -0.05) is 79.9 Å². The molecule has 0 spiro atoms. The van der Waals surface area contributed by atoms with Crippen molar-refractivity contribution >= 4 is 17.7 Å². The molecule has 0 radical (unpaired) electrons. The van der Waals surface area contributed by atoms with Gasteiger partial charge in [-0.2, -0.15) is 0 Å². The first-order valence-corrected chi connectivity index (χ1v) is 14.4. The lowest BCUT2D eigenvalue weighted by atomic mass is 9.84. The highest BCUT2D eigenvalue weighted by atomic mass is 16.5. The molecule has 0 bridgehead atoms. The first kappa shape index (κ1) is 26.9. The maximum absolute atomic E-state index is 13.2. The van der Waals surface area contributed by atoms with Gasteiger partial charge in [0.25, 0.3) is 0 Å². The summed E-state index contributed by atoms with van der Waals surface area (Å²) in [5.41, 5.74) is 12.4. The third-order valence-electron chi connectivity index (χ3n) is 8.15. The summed E-state index contributed by atoms with van der Waals surface area (Å²) >= 11 is 0. The number of nitrogens with one attached hydrogen (secondary N) is 2. The van der Waals surface area contributed by atoms with E-state index < -0.39 is 12.1 Å². The van der Waals surface area contributed by atoms with E-state index in [1.54, 1.807) is 0 Å². The van der Waals surface area contributed by atoms with Gasteiger partial charge in [0.05, 0.1) is 0 Å². The van der Waals surface area contributed by atoms with Crippen LogP contribution in [0.1, 0.15) is 79.9 Å². The van der Waals surface area contributed by atoms with Crippen LogP contribution in [0.2, 0.25) is 0 Å². The number of carbonyl (C=O) groups excluding carboxylic acids is 2. The van der Waals surface area contributed by atoms with E-state index in [4.69, 9.17) is 10.5 Å². The molecule has 1 fully saturated rings. The van der Waals surface area contributed by atoms with E-state index in [1.807, 2.05) is 36.4 Å². The Morgan fingerprint density at radius 3 is 2.13 bits per heavy atom. The summed E-state index contributed by atoms with van der Waals surface area (Å²) in [5, 5.41) is 5.80. The summed E-state index contributed by atoms with van der Waals surface area (Å²) < 4.78 is 5.70. The Labute approximate surface area is 231 Å². The quantitative estimate of drug-likeness (QED) is 0.257. The molecule has 0 aliphatic heterocycles. The molecule has 0 saturated heterocycles. The number of hydrogen-bond donors (Lipinski definition) is 3. The van der Waals surface area contributed by atoms with Crippen LogP contribution in [0.25, 0.3) is 11.1 Å². The van der Waals surface area contributed by atoms with E-state index in [9.17, 15) is 9.59 Å². The molecule has 6 nitrogen and oxygen atoms in total. The van der Waals surface area contributed by atoms with Crippen LogP contribution in [0.5, 0.6) is 0 Å². The Bertz CT molecular complexity index is 1220. The number of rotatable bonds is 10. The predicted molar refractivity (Wildman–Crippen MR) is 156 cm³/mol. The standard InChI is InChI=1S/C33H39N3O3/c34-21-9-8-16-31(32(37)35-25-19-17-24(18-20-25)23-10-2-1-3-11-23)36-33(38)39-22-30-28-14-6-4-12-26(28)27-13-5-7-15-29(27)30/h4-7,12-15,17-20,23,30-31H,1-3,8-11,16,21-22,34H2,(H,35,37)(H,36,38)/t31-/m0/s1. The van der Waals surface area contributed by atoms with Crippen molar-refractivity contribution in [3.8, 4) is 11.1 Å². The Morgan fingerprint density at radius 2 is 1.49 bits per heavy atom. The number of amides is 2. The predicted octanol–water partition coefficient (Wildman–Crippen LogP) is 6.71. The summed E-state index contributed by atoms with van der Waals surface area (Å²) in [6.07, 6.45) is 7.80. The highest BCUT2D eigenvalue weighted by molar-refractivity contribution is 5.96. The van der Waals surface area contributed by atoms with Crippen LogP contribution in [-0.2, 0) is 9.53 Å². The monoisotopic (exact) mass is 525 g/mol. The first-order chi connectivity index (χ1) is 19.1. The van der Waals surface area contributed by atoms with Gasteiger partial charge in [-0.05, 0) is 84.5 Å². The number of hydrogen-bond acceptors (Lipinski definition) is 4. The van der Waals surface area contributed by atoms with Crippen molar-refractivity contribution in [2.75, 3.05) is 18.5 Å². The SMILES string of the molecule is NCCCC[C@H](NC(=O)OCC1c2ccccc2-c2ccccc21)C(=O)Nc1ccc(C2CCCCC2)cc1. The Balaban J connectivity index is 1.20. The molecule has 6 heteroatoms. The highest BCUT2D eigenvalue weighted by Crippen LogP contribution is 2.44. The topological polar surface area (TPSA) is 93.4 Å². The zero-order valence-electron chi connectivity index (χ0n) is 22.5. The minimum atomic E-state index is -0.703. The van der Waals surface area contributed by atoms with E-state index in [0.717, 1.165) is 29.7 Å². The van der Waals surface area contributed by atoms with E-state index in [-0.39, 0.29) is 18.4 Å². The van der Waals surface area contributed by atoms with E-state index >= 15 is 0 Å². The Kier molecular flexibility index (Phi) is 8.94. The number of ether oxygens (including phenoxy) is 1. The summed E-state index contributed by atoms with van der Waals surface area (Å²) in [6, 6.07) is 23.9. The van der Waals surface area contributed by atoms with E-state index in [0.29, 0.717) is 18.9 Å². The van der Waals surface area contributed by atoms with Crippen molar-refractivity contribution in [3.63, 3.8) is 0 Å². The van der Waals surface area contributed by atoms with Gasteiger partial charge in [-0.25, -0.2) is 4.79 Å². The lowest BCUT2D eigenvalue weighted by Gasteiger charge is -2.22. The average molecular weight is 526 g/mol. The van der Waals surface area contributed by atoms with Gasteiger partial charge < -0.3 is 21.1 Å². The van der Waals surface area contributed by atoms with Crippen LogP contribution in [0, 0.1) is 0 Å². The fraction of sp³-hybridized carbons (Fsp3) is 0.394. The van der Waals surface area contributed by atoms with Crippen molar-refractivity contribution in [1.82, 2.24) is 5.32 Å². The number of benzene rings is 3. The second kappa shape index (κ2) is 12.9. The maximum Gasteiger partial charge on any atom is 0.407 e. The molecule has 4 N–H and O–H groups in total. The third-order valence-corrected chi connectivity index (χ3v) is 8.15. The summed E-state index contributed by atoms with van der Waals surface area (Å²) in [4.78, 5) is 26.1. The molecule has 39 heavy (non-hydrogen) atoms. The molecule has 0 heterocycles. The number of nitrogens with two attached hydrogens (primary N) is 1. The zero-order chi connectivity index (χ0) is 27.0. The minimum Gasteiger partial charge on any atom is -0.449 e. The van der Waals surface area contributed by atoms with Crippen molar-refractivity contribution in [2.24, 2.45) is 5.73 Å². The van der Waals surface area contributed by atoms with Crippen LogP contribution in [-0.4, -0.2) is 31.2 Å². The molecule has 2 amide bonds. The molecule has 2 aliphatic carbocycles. The average Bonchev–Trinajstić information content (AvgIpc) is 3.30. The number of anilines is 1. The van der Waals surface area contributed by atoms with Crippen LogP contribution < -0.4 is 16.4 Å². The maximum atomic E-state index is 13.2. The fourth-order valence-electron chi connectivity index (χ4n) is 6.05. The smallest absolute Gasteiger partial charge is 0.407 e. The van der Waals surface area contributed by atoms with Gasteiger partial charge in [0.2, 0.25) is 5.91 Å². The molecular formula is C33H39N3O3. The van der Waals surface area contributed by atoms with Crippen LogP contribution >= 0.6 is 0 Å². The summed E-state index contributed by atoms with van der Waals surface area (Å²) in [6.45, 7) is 0.752. The molecule has 204 valence electrons. The Hall–Kier alpha value is -3.64. The van der Waals surface area contributed by atoms with Crippen molar-refractivity contribution in [3.05, 3.63) is 89.5 Å². The molecule has 1 atom stereocenters. The fourth-order valence-corrected chi connectivity index (χ4v) is 6.05. The lowest BCUT2D eigenvalue weighted by Crippen LogP contribution is -2.44. The zero-order valence-corrected chi connectivity index (χ0v) is 22.5. The molecule has 3 aromatic carbocycles. The lowest BCUT2D eigenvalue weighted by molar-refractivity contribution is -0.118. The minimum absolute atomic E-state index is 0.0321. The largest absolute Gasteiger partial charge is 0.449 e. The number of carbonyl (C=O) groups is 2. The van der Waals surface area contributed by atoms with Crippen LogP contribution in [0.4, 0.5) is 10.5 Å². The first-order valence-electron chi connectivity index (χ1n) is 14.4. The molecule has 2 aliphatic rings. The van der Waals surface area contributed by atoms with Gasteiger partial charge in [0, 0.05) is 11.6 Å². The molecular weight excluding hydrogens is 486 g/mol. The third kappa shape index (κ3) is 6.51. The van der Waals surface area contributed by atoms with E-state index in [2.05, 4.69) is 47.0 Å². The molecule has 0 unspecified atom stereocenters. The molecule has 5 rings (SSSR count). The summed E-state index contributed by atoms with van der Waals surface area (Å²) in [5.74, 6) is 0.337. The normalized spacial score (nSPS) is 15.7. The van der Waals surface area contributed by atoms with Crippen molar-refractivity contribution in [1.29, 1.82) is 0 Å². The number of unbranched alkanes of at least 4 members (excludes halogenated alkanes) is 1. The Morgan fingerprint density at radius 1 is 0.846 bits per heavy atom. The number of fused-ring (bicyclic) bond motifs is 3. The van der Waals surface area contributed by atoms with E-state index in [1.165, 1.54) is 48.8 Å². The highest BCUT2D eigenvalue weighted by Gasteiger charge is 2.30. The second-order valence-electron chi connectivity index (χ2n) is 10.8. The number of alkyl carbamates (subject to hydrolysis) is 1. The van der Waals surface area contributed by atoms with Crippen molar-refractivity contribution < 1.29 is 14.3 Å². The molecule has 1 saturated carbocycles. The van der Waals surface area contributed by atoms with Crippen LogP contribution in [0.3, 0.4) is 0 Å². The molecule has 0 aromatic heterocycles. The van der Waals surface area contributed by atoms with Gasteiger partial charge in [-0.3, -0.25) is 4.79 Å². The summed E-state index contributed by atoms with van der Waals surface area (Å²) in [7, 11) is 0. The van der Waals surface area contributed by atoms with Gasteiger partial charge >= 0.3 is 6.09 Å². The van der Waals surface area contributed by atoms with Crippen molar-refractivity contribution in [2.45, 2.75) is 69.2 Å².